The number of allylic oxidation sites excluding steroid dienone is 2. The van der Waals surface area contributed by atoms with Crippen molar-refractivity contribution in [1.29, 1.82) is 0 Å². The monoisotopic (exact) mass is 372 g/mol. The summed E-state index contributed by atoms with van der Waals surface area (Å²) in [4.78, 5) is 0. The molecule has 0 spiro atoms. The largest absolute Gasteiger partial charge is 0.0885 e. The fourth-order valence-corrected chi connectivity index (χ4v) is 3.91. The molecule has 0 radical (unpaired) electrons. The second kappa shape index (κ2) is 12.4. The van der Waals surface area contributed by atoms with Crippen molar-refractivity contribution >= 4 is 12.2 Å². The zero-order chi connectivity index (χ0) is 19.3. The van der Waals surface area contributed by atoms with Crippen LogP contribution in [0.15, 0.2) is 60.7 Å². The van der Waals surface area contributed by atoms with Crippen LogP contribution in [0.4, 0.5) is 0 Å². The molecule has 5 rings (SSSR count). The van der Waals surface area contributed by atoms with Crippen molar-refractivity contribution < 1.29 is 0 Å². The van der Waals surface area contributed by atoms with Crippen LogP contribution >= 0.6 is 0 Å². The van der Waals surface area contributed by atoms with Gasteiger partial charge in [0, 0.05) is 0 Å². The molecular formula is C28H36. The Morgan fingerprint density at radius 2 is 0.786 bits per heavy atom. The summed E-state index contributed by atoms with van der Waals surface area (Å²) < 4.78 is 0. The van der Waals surface area contributed by atoms with Crippen LogP contribution in [0.5, 0.6) is 0 Å². The van der Waals surface area contributed by atoms with Crippen LogP contribution in [0.1, 0.15) is 86.5 Å². The van der Waals surface area contributed by atoms with Gasteiger partial charge in [-0.05, 0) is 73.6 Å². The van der Waals surface area contributed by atoms with E-state index in [4.69, 9.17) is 0 Å². The van der Waals surface area contributed by atoms with E-state index in [0.717, 1.165) is 0 Å². The highest BCUT2D eigenvalue weighted by atomic mass is 14.0. The topological polar surface area (TPSA) is 0 Å². The second-order valence-electron chi connectivity index (χ2n) is 8.19. The Morgan fingerprint density at radius 3 is 1.21 bits per heavy atom. The highest BCUT2D eigenvalue weighted by molar-refractivity contribution is 5.69. The molecule has 0 fully saturated rings. The predicted molar refractivity (Wildman–Crippen MR) is 125 cm³/mol. The normalized spacial score (nSPS) is 19.7. The number of fused-ring (bicyclic) bond motifs is 2. The zero-order valence-electron chi connectivity index (χ0n) is 17.4. The average Bonchev–Trinajstić information content (AvgIpc) is 2.73. The summed E-state index contributed by atoms with van der Waals surface area (Å²) in [6.45, 7) is 0. The zero-order valence-corrected chi connectivity index (χ0v) is 17.4. The van der Waals surface area contributed by atoms with Gasteiger partial charge in [-0.1, -0.05) is 98.5 Å². The second-order valence-corrected chi connectivity index (χ2v) is 8.19. The smallest absolute Gasteiger partial charge is 0.0256 e. The summed E-state index contributed by atoms with van der Waals surface area (Å²) in [5, 5.41) is 0. The summed E-state index contributed by atoms with van der Waals surface area (Å²) in [5.74, 6) is 0. The van der Waals surface area contributed by atoms with Crippen LogP contribution in [-0.2, 0) is 12.8 Å². The number of benzene rings is 2. The van der Waals surface area contributed by atoms with Gasteiger partial charge in [-0.2, -0.15) is 0 Å². The molecule has 28 heavy (non-hydrogen) atoms. The first kappa shape index (κ1) is 20.6. The van der Waals surface area contributed by atoms with Gasteiger partial charge in [0.25, 0.3) is 0 Å². The lowest BCUT2D eigenvalue weighted by Crippen LogP contribution is -1.87. The Morgan fingerprint density at radius 1 is 0.393 bits per heavy atom. The average molecular weight is 373 g/mol. The molecule has 4 bridgehead atoms. The highest BCUT2D eigenvalue weighted by Gasteiger charge is 1.97. The molecule has 0 heteroatoms. The lowest BCUT2D eigenvalue weighted by Gasteiger charge is -2.04. The Kier molecular flexibility index (Phi) is 9.14. The third kappa shape index (κ3) is 7.89. The molecule has 0 saturated heterocycles. The molecule has 3 aliphatic rings. The van der Waals surface area contributed by atoms with Crippen LogP contribution in [0.25, 0.3) is 12.2 Å². The third-order valence-corrected chi connectivity index (χ3v) is 5.77. The third-order valence-electron chi connectivity index (χ3n) is 5.77. The van der Waals surface area contributed by atoms with E-state index in [9.17, 15) is 0 Å². The molecule has 0 nitrogen and oxygen atoms in total. The molecule has 0 saturated carbocycles. The van der Waals surface area contributed by atoms with E-state index in [0.29, 0.717) is 0 Å². The maximum atomic E-state index is 2.41. The van der Waals surface area contributed by atoms with Gasteiger partial charge < -0.3 is 0 Å². The van der Waals surface area contributed by atoms with Gasteiger partial charge >= 0.3 is 0 Å². The van der Waals surface area contributed by atoms with E-state index in [1.54, 1.807) is 0 Å². The molecule has 0 unspecified atom stereocenters. The van der Waals surface area contributed by atoms with Crippen molar-refractivity contribution in [3.63, 3.8) is 0 Å². The quantitative estimate of drug-likeness (QED) is 0.407. The van der Waals surface area contributed by atoms with Gasteiger partial charge in [-0.3, -0.25) is 0 Å². The van der Waals surface area contributed by atoms with Crippen molar-refractivity contribution in [1.82, 2.24) is 0 Å². The fourth-order valence-electron chi connectivity index (χ4n) is 3.91. The van der Waals surface area contributed by atoms with Crippen LogP contribution < -0.4 is 0 Å². The first-order valence-corrected chi connectivity index (χ1v) is 11.4. The number of aryl methyl sites for hydroxylation is 2. The Balaban J connectivity index is 1.58. The van der Waals surface area contributed by atoms with Gasteiger partial charge in [0.05, 0.1) is 0 Å². The number of rotatable bonds is 0. The van der Waals surface area contributed by atoms with Crippen LogP contribution in [0, 0.1) is 0 Å². The molecule has 0 amide bonds. The van der Waals surface area contributed by atoms with Crippen LogP contribution in [0.2, 0.25) is 0 Å². The minimum absolute atomic E-state index is 1.21. The van der Waals surface area contributed by atoms with Crippen molar-refractivity contribution in [2.45, 2.75) is 77.0 Å². The lowest BCUT2D eigenvalue weighted by molar-refractivity contribution is 0.639. The van der Waals surface area contributed by atoms with Crippen LogP contribution in [0.3, 0.4) is 0 Å². The van der Waals surface area contributed by atoms with Crippen molar-refractivity contribution in [3.05, 3.63) is 82.9 Å². The predicted octanol–water partition coefficient (Wildman–Crippen LogP) is 8.41. The molecule has 0 heterocycles. The lowest BCUT2D eigenvalue weighted by atomic mass is 10.0. The van der Waals surface area contributed by atoms with Crippen molar-refractivity contribution in [3.8, 4) is 0 Å². The molecular weight excluding hydrogens is 336 g/mol. The van der Waals surface area contributed by atoms with E-state index in [-0.39, 0.29) is 0 Å². The molecule has 0 atom stereocenters. The molecule has 148 valence electrons. The van der Waals surface area contributed by atoms with E-state index < -0.39 is 0 Å². The maximum absolute atomic E-state index is 2.41. The van der Waals surface area contributed by atoms with Crippen LogP contribution in [-0.4, -0.2) is 0 Å². The Labute approximate surface area is 172 Å². The molecule has 0 aromatic heterocycles. The Bertz CT molecular complexity index is 652. The van der Waals surface area contributed by atoms with E-state index >= 15 is 0 Å². The first-order chi connectivity index (χ1) is 13.9. The summed E-state index contributed by atoms with van der Waals surface area (Å²) >= 11 is 0. The molecule has 0 aliphatic heterocycles. The van der Waals surface area contributed by atoms with Gasteiger partial charge in [-0.15, -0.1) is 0 Å². The molecule has 2 aromatic carbocycles. The first-order valence-electron chi connectivity index (χ1n) is 11.4. The molecule has 2 aromatic rings. The minimum Gasteiger partial charge on any atom is -0.0885 e. The van der Waals surface area contributed by atoms with E-state index in [2.05, 4.69) is 72.8 Å². The van der Waals surface area contributed by atoms with Gasteiger partial charge in [0.2, 0.25) is 0 Å². The van der Waals surface area contributed by atoms with Gasteiger partial charge in [0.15, 0.2) is 0 Å². The van der Waals surface area contributed by atoms with Crippen molar-refractivity contribution in [2.75, 3.05) is 0 Å². The SMILES string of the molecule is C1=C\CCCCCCc2ccc(cc2)/C=C\c2ccc(cc2)CCCCCC/1. The molecule has 0 N–H and O–H groups in total. The van der Waals surface area contributed by atoms with Gasteiger partial charge in [0.1, 0.15) is 0 Å². The molecule has 3 aliphatic carbocycles. The fraction of sp³-hybridized carbons (Fsp3) is 0.429. The summed E-state index contributed by atoms with van der Waals surface area (Å²) in [6.07, 6.45) is 25.0. The summed E-state index contributed by atoms with van der Waals surface area (Å²) in [6, 6.07) is 18.2. The summed E-state index contributed by atoms with van der Waals surface area (Å²) in [5.41, 5.74) is 5.51. The van der Waals surface area contributed by atoms with Crippen molar-refractivity contribution in [2.24, 2.45) is 0 Å². The Hall–Kier alpha value is -2.08. The van der Waals surface area contributed by atoms with Gasteiger partial charge in [-0.25, -0.2) is 0 Å². The standard InChI is InChI=1S/C28H36/c1-2-4-6-8-10-12-14-26-17-21-28(22-18-26)24-23-27-19-15-25(16-20-27)13-11-9-7-5-3-1/h1-2,15-24H,3-14H2/b2-1-,24-23-. The minimum atomic E-state index is 1.21. The van der Waals surface area contributed by atoms with E-state index in [1.165, 1.54) is 99.3 Å². The summed E-state index contributed by atoms with van der Waals surface area (Å²) in [7, 11) is 0. The maximum Gasteiger partial charge on any atom is -0.0256 e. The van der Waals surface area contributed by atoms with E-state index in [1.807, 2.05) is 0 Å². The highest BCUT2D eigenvalue weighted by Crippen LogP contribution is 2.15. The number of hydrogen-bond donors (Lipinski definition) is 0. The number of hydrogen-bond acceptors (Lipinski definition) is 0.